The predicted octanol–water partition coefficient (Wildman–Crippen LogP) is 2.27. The number of benzene rings is 1. The van der Waals surface area contributed by atoms with Crippen molar-refractivity contribution in [2.45, 2.75) is 26.7 Å². The zero-order valence-corrected chi connectivity index (χ0v) is 9.64. The Hall–Kier alpha value is -1.77. The van der Waals surface area contributed by atoms with Crippen LogP contribution in [0.25, 0.3) is 0 Å². The van der Waals surface area contributed by atoms with E-state index in [1.807, 2.05) is 19.9 Å². The van der Waals surface area contributed by atoms with Crippen molar-refractivity contribution in [3.63, 3.8) is 0 Å². The molecule has 0 saturated carbocycles. The lowest BCUT2D eigenvalue weighted by atomic mass is 10.1. The molecule has 0 unspecified atom stereocenters. The number of hydrogen-bond donors (Lipinski definition) is 0. The minimum Gasteiger partial charge on any atom is -0.219 e. The molecule has 82 valence electrons. The number of nitrogens with zero attached hydrogens (tertiary/aromatic N) is 3. The summed E-state index contributed by atoms with van der Waals surface area (Å²) in [5.41, 5.74) is 1.32. The lowest BCUT2D eigenvalue weighted by molar-refractivity contribution is 0.793. The Morgan fingerprint density at radius 3 is 2.06 bits per heavy atom. The molecule has 2 aromatic rings. The van der Waals surface area contributed by atoms with Gasteiger partial charge in [0.1, 0.15) is 17.5 Å². The molecule has 1 heterocycles. The molecule has 3 nitrogen and oxygen atoms in total. The van der Waals surface area contributed by atoms with E-state index in [1.165, 1.54) is 5.56 Å². The number of aryl methyl sites for hydroxylation is 4. The summed E-state index contributed by atoms with van der Waals surface area (Å²) in [5.74, 6) is 2.49. The molecule has 0 fully saturated rings. The minimum absolute atomic E-state index is 0.801. The first-order valence-electron chi connectivity index (χ1n) is 5.46. The summed E-state index contributed by atoms with van der Waals surface area (Å²) in [6, 6.07) is 10.4. The summed E-state index contributed by atoms with van der Waals surface area (Å²) in [4.78, 5) is 12.8. The van der Waals surface area contributed by atoms with Crippen molar-refractivity contribution in [2.24, 2.45) is 0 Å². The normalized spacial score (nSPS) is 10.4. The lowest BCUT2D eigenvalue weighted by Gasteiger charge is -2.02. The highest BCUT2D eigenvalue weighted by Gasteiger charge is 2.01. The third-order valence-electron chi connectivity index (χ3n) is 2.39. The summed E-state index contributed by atoms with van der Waals surface area (Å²) in [5, 5.41) is 0. The second-order valence-electron chi connectivity index (χ2n) is 3.83. The molecule has 0 N–H and O–H groups in total. The third kappa shape index (κ3) is 2.86. The van der Waals surface area contributed by atoms with Crippen LogP contribution in [0.15, 0.2) is 30.3 Å². The van der Waals surface area contributed by atoms with Crippen LogP contribution in [-0.2, 0) is 12.8 Å². The van der Waals surface area contributed by atoms with Gasteiger partial charge in [-0.2, -0.15) is 0 Å². The highest BCUT2D eigenvalue weighted by Crippen LogP contribution is 2.04. The summed E-state index contributed by atoms with van der Waals surface area (Å²) in [6.07, 6.45) is 1.85. The van der Waals surface area contributed by atoms with Crippen LogP contribution in [0.5, 0.6) is 0 Å². The molecular formula is C13H15N3. The summed E-state index contributed by atoms with van der Waals surface area (Å²) < 4.78 is 0. The van der Waals surface area contributed by atoms with Crippen LogP contribution in [0.3, 0.4) is 0 Å². The second-order valence-corrected chi connectivity index (χ2v) is 3.83. The van der Waals surface area contributed by atoms with Crippen LogP contribution in [0, 0.1) is 13.8 Å². The van der Waals surface area contributed by atoms with Crippen molar-refractivity contribution >= 4 is 0 Å². The van der Waals surface area contributed by atoms with E-state index in [-0.39, 0.29) is 0 Å². The van der Waals surface area contributed by atoms with Gasteiger partial charge in [0, 0.05) is 6.42 Å². The van der Waals surface area contributed by atoms with Gasteiger partial charge in [-0.15, -0.1) is 0 Å². The van der Waals surface area contributed by atoms with Crippen molar-refractivity contribution in [2.75, 3.05) is 0 Å². The predicted molar refractivity (Wildman–Crippen MR) is 63.2 cm³/mol. The SMILES string of the molecule is Cc1nc(C)nc(CCc2ccccc2)n1. The van der Waals surface area contributed by atoms with E-state index in [0.717, 1.165) is 30.3 Å². The lowest BCUT2D eigenvalue weighted by Crippen LogP contribution is -2.04. The Morgan fingerprint density at radius 1 is 0.812 bits per heavy atom. The van der Waals surface area contributed by atoms with Crippen molar-refractivity contribution < 1.29 is 0 Å². The number of aromatic nitrogens is 3. The maximum Gasteiger partial charge on any atom is 0.132 e. The Labute approximate surface area is 95.6 Å². The van der Waals surface area contributed by atoms with Crippen molar-refractivity contribution in [3.8, 4) is 0 Å². The standard InChI is InChI=1S/C13H15N3/c1-10-14-11(2)16-13(15-10)9-8-12-6-4-3-5-7-12/h3-7H,8-9H2,1-2H3. The van der Waals surface area contributed by atoms with Crippen LogP contribution in [0.4, 0.5) is 0 Å². The van der Waals surface area contributed by atoms with E-state index in [0.29, 0.717) is 0 Å². The fourth-order valence-corrected chi connectivity index (χ4v) is 1.70. The zero-order valence-electron chi connectivity index (χ0n) is 9.64. The average molecular weight is 213 g/mol. The Morgan fingerprint density at radius 2 is 1.44 bits per heavy atom. The van der Waals surface area contributed by atoms with Gasteiger partial charge in [-0.05, 0) is 25.8 Å². The van der Waals surface area contributed by atoms with Gasteiger partial charge in [-0.3, -0.25) is 0 Å². The topological polar surface area (TPSA) is 38.7 Å². The van der Waals surface area contributed by atoms with Crippen LogP contribution < -0.4 is 0 Å². The molecule has 0 saturated heterocycles. The van der Waals surface area contributed by atoms with E-state index in [2.05, 4.69) is 39.2 Å². The molecule has 0 spiro atoms. The highest BCUT2D eigenvalue weighted by molar-refractivity contribution is 5.15. The van der Waals surface area contributed by atoms with Crippen LogP contribution >= 0.6 is 0 Å². The van der Waals surface area contributed by atoms with Crippen molar-refractivity contribution in [3.05, 3.63) is 53.4 Å². The molecule has 0 atom stereocenters. The first kappa shape index (κ1) is 10.7. The third-order valence-corrected chi connectivity index (χ3v) is 2.39. The molecule has 2 rings (SSSR count). The van der Waals surface area contributed by atoms with Crippen LogP contribution in [0.2, 0.25) is 0 Å². The van der Waals surface area contributed by atoms with Gasteiger partial charge in [-0.1, -0.05) is 30.3 Å². The first-order valence-corrected chi connectivity index (χ1v) is 5.46. The molecule has 0 aliphatic heterocycles. The number of rotatable bonds is 3. The smallest absolute Gasteiger partial charge is 0.132 e. The van der Waals surface area contributed by atoms with Crippen LogP contribution in [-0.4, -0.2) is 15.0 Å². The van der Waals surface area contributed by atoms with E-state index < -0.39 is 0 Å². The molecule has 16 heavy (non-hydrogen) atoms. The molecule has 1 aromatic heterocycles. The van der Waals surface area contributed by atoms with E-state index in [4.69, 9.17) is 0 Å². The Bertz CT molecular complexity index is 446. The monoisotopic (exact) mass is 213 g/mol. The maximum absolute atomic E-state index is 4.33. The second kappa shape index (κ2) is 4.84. The number of hydrogen-bond acceptors (Lipinski definition) is 3. The largest absolute Gasteiger partial charge is 0.219 e. The highest BCUT2D eigenvalue weighted by atomic mass is 15.0. The summed E-state index contributed by atoms with van der Waals surface area (Å²) >= 11 is 0. The van der Waals surface area contributed by atoms with Gasteiger partial charge < -0.3 is 0 Å². The summed E-state index contributed by atoms with van der Waals surface area (Å²) in [6.45, 7) is 3.81. The van der Waals surface area contributed by atoms with Gasteiger partial charge in [0.25, 0.3) is 0 Å². The maximum atomic E-state index is 4.33. The fraction of sp³-hybridized carbons (Fsp3) is 0.308. The molecular weight excluding hydrogens is 198 g/mol. The van der Waals surface area contributed by atoms with Gasteiger partial charge in [0.05, 0.1) is 0 Å². The molecule has 0 bridgehead atoms. The van der Waals surface area contributed by atoms with Crippen molar-refractivity contribution in [1.82, 2.24) is 15.0 Å². The average Bonchev–Trinajstić information content (AvgIpc) is 2.27. The zero-order chi connectivity index (χ0) is 11.4. The van der Waals surface area contributed by atoms with Gasteiger partial charge >= 0.3 is 0 Å². The molecule has 1 aromatic carbocycles. The minimum atomic E-state index is 0.801. The van der Waals surface area contributed by atoms with Gasteiger partial charge in [0.15, 0.2) is 0 Å². The van der Waals surface area contributed by atoms with Crippen molar-refractivity contribution in [1.29, 1.82) is 0 Å². The fourth-order valence-electron chi connectivity index (χ4n) is 1.70. The Balaban J connectivity index is 2.05. The molecule has 0 aliphatic carbocycles. The molecule has 0 aliphatic rings. The quantitative estimate of drug-likeness (QED) is 0.785. The van der Waals surface area contributed by atoms with E-state index >= 15 is 0 Å². The van der Waals surface area contributed by atoms with Gasteiger partial charge in [-0.25, -0.2) is 15.0 Å². The Kier molecular flexibility index (Phi) is 3.25. The molecule has 3 heteroatoms. The molecule has 0 radical (unpaired) electrons. The van der Waals surface area contributed by atoms with Crippen LogP contribution in [0.1, 0.15) is 23.0 Å². The summed E-state index contributed by atoms with van der Waals surface area (Å²) in [7, 11) is 0. The van der Waals surface area contributed by atoms with E-state index in [9.17, 15) is 0 Å². The molecule has 0 amide bonds. The van der Waals surface area contributed by atoms with Gasteiger partial charge in [0.2, 0.25) is 0 Å². The van der Waals surface area contributed by atoms with E-state index in [1.54, 1.807) is 0 Å². The first-order chi connectivity index (χ1) is 7.74.